The predicted molar refractivity (Wildman–Crippen MR) is 32.3 cm³/mol. The summed E-state index contributed by atoms with van der Waals surface area (Å²) >= 11 is 0. The van der Waals surface area contributed by atoms with Gasteiger partial charge < -0.3 is 11.5 Å². The summed E-state index contributed by atoms with van der Waals surface area (Å²) in [6, 6.07) is 0. The molecule has 0 aromatic rings. The van der Waals surface area contributed by atoms with Gasteiger partial charge in [0.1, 0.15) is 5.54 Å². The van der Waals surface area contributed by atoms with Gasteiger partial charge in [-0.2, -0.15) is 13.2 Å². The first-order valence-electron chi connectivity index (χ1n) is 2.87. The van der Waals surface area contributed by atoms with Crippen molar-refractivity contribution in [2.75, 3.05) is 6.54 Å². The van der Waals surface area contributed by atoms with Gasteiger partial charge in [-0.05, 0) is 19.9 Å². The molecule has 0 heterocycles. The maximum Gasteiger partial charge on any atom is 0.406 e. The summed E-state index contributed by atoms with van der Waals surface area (Å²) in [6.45, 7) is 0.881. The summed E-state index contributed by atoms with van der Waals surface area (Å²) in [5, 5.41) is 0. The number of hydrogen-bond acceptors (Lipinski definition) is 2. The Kier molecular flexibility index (Phi) is 2.67. The van der Waals surface area contributed by atoms with E-state index in [1.807, 2.05) is 0 Å². The van der Waals surface area contributed by atoms with Gasteiger partial charge in [0.25, 0.3) is 0 Å². The Balaban J connectivity index is 4.10. The van der Waals surface area contributed by atoms with Crippen LogP contribution in [0.3, 0.4) is 0 Å². The van der Waals surface area contributed by atoms with Gasteiger partial charge in [0.2, 0.25) is 0 Å². The molecule has 0 fully saturated rings. The molecule has 0 aromatic carbocycles. The fourth-order valence-electron chi connectivity index (χ4n) is 0.442. The molecule has 0 radical (unpaired) electrons. The van der Waals surface area contributed by atoms with E-state index < -0.39 is 11.7 Å². The molecular weight excluding hydrogens is 145 g/mol. The molecule has 62 valence electrons. The zero-order chi connectivity index (χ0) is 8.41. The van der Waals surface area contributed by atoms with E-state index in [0.717, 1.165) is 6.92 Å². The van der Waals surface area contributed by atoms with E-state index in [1.165, 1.54) is 0 Å². The van der Waals surface area contributed by atoms with Crippen LogP contribution in [0.25, 0.3) is 0 Å². The van der Waals surface area contributed by atoms with Crippen molar-refractivity contribution in [2.45, 2.75) is 25.1 Å². The van der Waals surface area contributed by atoms with Crippen molar-refractivity contribution in [3.8, 4) is 0 Å². The Labute approximate surface area is 57.4 Å². The van der Waals surface area contributed by atoms with Gasteiger partial charge in [0.15, 0.2) is 0 Å². The quantitative estimate of drug-likeness (QED) is 0.615. The minimum Gasteiger partial charge on any atom is -0.330 e. The molecule has 0 aliphatic heterocycles. The fraction of sp³-hybridized carbons (Fsp3) is 1.00. The Morgan fingerprint density at radius 3 is 1.80 bits per heavy atom. The monoisotopic (exact) mass is 156 g/mol. The normalized spacial score (nSPS) is 18.6. The lowest BCUT2D eigenvalue weighted by molar-refractivity contribution is -0.181. The van der Waals surface area contributed by atoms with Gasteiger partial charge in [-0.3, -0.25) is 0 Å². The van der Waals surface area contributed by atoms with Crippen molar-refractivity contribution >= 4 is 0 Å². The molecule has 0 spiro atoms. The molecule has 10 heavy (non-hydrogen) atoms. The van der Waals surface area contributed by atoms with Crippen molar-refractivity contribution in [1.82, 2.24) is 0 Å². The second-order valence-electron chi connectivity index (χ2n) is 2.45. The summed E-state index contributed by atoms with van der Waals surface area (Å²) in [5.74, 6) is 0. The highest BCUT2D eigenvalue weighted by atomic mass is 19.4. The van der Waals surface area contributed by atoms with Crippen molar-refractivity contribution < 1.29 is 13.2 Å². The van der Waals surface area contributed by atoms with Crippen LogP contribution in [0.15, 0.2) is 0 Å². The van der Waals surface area contributed by atoms with E-state index >= 15 is 0 Å². The predicted octanol–water partition coefficient (Wildman–Crippen LogP) is 0.615. The van der Waals surface area contributed by atoms with Crippen molar-refractivity contribution in [2.24, 2.45) is 11.5 Å². The fourth-order valence-corrected chi connectivity index (χ4v) is 0.442. The Morgan fingerprint density at radius 1 is 1.30 bits per heavy atom. The molecule has 1 atom stereocenters. The van der Waals surface area contributed by atoms with Crippen LogP contribution in [0, 0.1) is 0 Å². The topological polar surface area (TPSA) is 52.0 Å². The third-order valence-corrected chi connectivity index (χ3v) is 1.31. The smallest absolute Gasteiger partial charge is 0.330 e. The van der Waals surface area contributed by atoms with E-state index in [9.17, 15) is 13.2 Å². The maximum absolute atomic E-state index is 11.8. The highest BCUT2D eigenvalue weighted by molar-refractivity contribution is 4.86. The standard InChI is InChI=1S/C5H11F3N2/c1-4(10,2-3-9)5(6,7)8/h2-3,9-10H2,1H3. The van der Waals surface area contributed by atoms with Crippen LogP contribution >= 0.6 is 0 Å². The molecule has 0 aliphatic carbocycles. The van der Waals surface area contributed by atoms with Gasteiger partial charge in [-0.15, -0.1) is 0 Å². The van der Waals surface area contributed by atoms with E-state index in [0.29, 0.717) is 0 Å². The SMILES string of the molecule is CC(N)(CCN)C(F)(F)F. The number of halogens is 3. The van der Waals surface area contributed by atoms with Crippen LogP contribution in [0.4, 0.5) is 13.2 Å². The molecule has 0 aromatic heterocycles. The first-order valence-corrected chi connectivity index (χ1v) is 2.87. The zero-order valence-electron chi connectivity index (χ0n) is 5.70. The first kappa shape index (κ1) is 9.71. The number of hydrogen-bond donors (Lipinski definition) is 2. The molecule has 4 N–H and O–H groups in total. The molecule has 0 amide bonds. The molecule has 2 nitrogen and oxygen atoms in total. The Bertz CT molecular complexity index is 108. The van der Waals surface area contributed by atoms with Crippen LogP contribution < -0.4 is 11.5 Å². The third kappa shape index (κ3) is 2.15. The highest BCUT2D eigenvalue weighted by Gasteiger charge is 2.47. The van der Waals surface area contributed by atoms with Gasteiger partial charge in [0.05, 0.1) is 0 Å². The van der Waals surface area contributed by atoms with Crippen LogP contribution in [0.1, 0.15) is 13.3 Å². The summed E-state index contributed by atoms with van der Waals surface area (Å²) in [7, 11) is 0. The summed E-state index contributed by atoms with van der Waals surface area (Å²) in [4.78, 5) is 0. The molecular formula is C5H11F3N2. The number of nitrogens with two attached hydrogens (primary N) is 2. The van der Waals surface area contributed by atoms with Crippen molar-refractivity contribution in [3.05, 3.63) is 0 Å². The minimum atomic E-state index is -4.35. The van der Waals surface area contributed by atoms with Gasteiger partial charge >= 0.3 is 6.18 Å². The van der Waals surface area contributed by atoms with E-state index in [4.69, 9.17) is 11.5 Å². The molecule has 0 aliphatic rings. The summed E-state index contributed by atoms with van der Waals surface area (Å²) < 4.78 is 35.5. The zero-order valence-corrected chi connectivity index (χ0v) is 5.70. The van der Waals surface area contributed by atoms with Gasteiger partial charge in [-0.1, -0.05) is 0 Å². The van der Waals surface area contributed by atoms with Crippen LogP contribution in [-0.4, -0.2) is 18.3 Å². The first-order chi connectivity index (χ1) is 4.31. The number of rotatable bonds is 2. The van der Waals surface area contributed by atoms with Gasteiger partial charge in [-0.25, -0.2) is 0 Å². The lowest BCUT2D eigenvalue weighted by Crippen LogP contribution is -2.51. The van der Waals surface area contributed by atoms with E-state index in [2.05, 4.69) is 0 Å². The molecule has 0 bridgehead atoms. The Morgan fingerprint density at radius 2 is 1.70 bits per heavy atom. The maximum atomic E-state index is 11.8. The van der Waals surface area contributed by atoms with E-state index in [-0.39, 0.29) is 13.0 Å². The lowest BCUT2D eigenvalue weighted by Gasteiger charge is -2.26. The molecule has 0 saturated heterocycles. The summed E-state index contributed by atoms with van der Waals surface area (Å²) in [6.07, 6.45) is -4.59. The van der Waals surface area contributed by atoms with Crippen molar-refractivity contribution in [1.29, 1.82) is 0 Å². The summed E-state index contributed by atoms with van der Waals surface area (Å²) in [5.41, 5.74) is 7.69. The molecule has 1 unspecified atom stereocenters. The average Bonchev–Trinajstić information content (AvgIpc) is 1.61. The highest BCUT2D eigenvalue weighted by Crippen LogP contribution is 2.29. The lowest BCUT2D eigenvalue weighted by atomic mass is 9.99. The Hall–Kier alpha value is -0.290. The third-order valence-electron chi connectivity index (χ3n) is 1.31. The molecule has 5 heteroatoms. The van der Waals surface area contributed by atoms with Crippen LogP contribution in [0.5, 0.6) is 0 Å². The second-order valence-corrected chi connectivity index (χ2v) is 2.45. The largest absolute Gasteiger partial charge is 0.406 e. The average molecular weight is 156 g/mol. The van der Waals surface area contributed by atoms with Crippen molar-refractivity contribution in [3.63, 3.8) is 0 Å². The minimum absolute atomic E-state index is 0.0491. The van der Waals surface area contributed by atoms with Crippen LogP contribution in [0.2, 0.25) is 0 Å². The second kappa shape index (κ2) is 2.75. The van der Waals surface area contributed by atoms with E-state index in [1.54, 1.807) is 0 Å². The molecule has 0 rings (SSSR count). The van der Waals surface area contributed by atoms with Crippen LogP contribution in [-0.2, 0) is 0 Å². The number of alkyl halides is 3. The molecule has 0 saturated carbocycles. The van der Waals surface area contributed by atoms with Gasteiger partial charge in [0, 0.05) is 0 Å².